The van der Waals surface area contributed by atoms with Gasteiger partial charge in [0.05, 0.1) is 11.4 Å². The molecule has 0 amide bonds. The molecule has 2 aromatic heterocycles. The molecule has 1 aromatic carbocycles. The number of hydrogen-bond acceptors (Lipinski definition) is 4. The second-order valence-electron chi connectivity index (χ2n) is 6.60. The highest BCUT2D eigenvalue weighted by atomic mass is 32.2. The summed E-state index contributed by atoms with van der Waals surface area (Å²) in [6.45, 7) is -0.796. The van der Waals surface area contributed by atoms with Crippen LogP contribution in [0.1, 0.15) is 25.2 Å². The molecule has 0 fully saturated rings. The first-order chi connectivity index (χ1) is 12.6. The zero-order valence-electron chi connectivity index (χ0n) is 14.7. The molecule has 1 atom stereocenters. The van der Waals surface area contributed by atoms with Crippen LogP contribution < -0.4 is 5.14 Å². The second kappa shape index (κ2) is 6.66. The molecule has 0 radical (unpaired) electrons. The lowest BCUT2D eigenvalue weighted by molar-refractivity contribution is -0.210. The van der Waals surface area contributed by atoms with Gasteiger partial charge in [-0.1, -0.05) is 24.3 Å². The molecule has 3 aromatic rings. The summed E-state index contributed by atoms with van der Waals surface area (Å²) >= 11 is 0. The van der Waals surface area contributed by atoms with Crippen molar-refractivity contribution >= 4 is 20.9 Å². The number of fused-ring (bicyclic) bond motifs is 1. The van der Waals surface area contributed by atoms with Crippen molar-refractivity contribution < 1.29 is 21.9 Å². The predicted molar refractivity (Wildman–Crippen MR) is 97.6 cm³/mol. The van der Waals surface area contributed by atoms with E-state index in [9.17, 15) is 17.2 Å². The van der Waals surface area contributed by atoms with E-state index in [-0.39, 0.29) is 11.4 Å². The number of nitrogens with two attached hydrogens (primary N) is 1. The largest absolute Gasteiger partial charge is 0.356 e. The molecule has 0 aliphatic carbocycles. The van der Waals surface area contributed by atoms with Gasteiger partial charge in [0.2, 0.25) is 10.0 Å². The predicted octanol–water partition coefficient (Wildman–Crippen LogP) is 3.11. The van der Waals surface area contributed by atoms with E-state index in [1.54, 1.807) is 42.5 Å². The summed E-state index contributed by atoms with van der Waals surface area (Å²) in [5.74, 6) is 0. The van der Waals surface area contributed by atoms with Crippen molar-refractivity contribution in [1.82, 2.24) is 9.97 Å². The molecular formula is C18H19F2N3O3S. The van der Waals surface area contributed by atoms with Gasteiger partial charge in [0, 0.05) is 11.7 Å². The van der Waals surface area contributed by atoms with Gasteiger partial charge in [0.15, 0.2) is 5.60 Å². The maximum atomic E-state index is 13.6. The average molecular weight is 395 g/mol. The molecule has 0 spiro atoms. The molecule has 0 bridgehead atoms. The molecular weight excluding hydrogens is 376 g/mol. The molecule has 9 heteroatoms. The number of sulfonamides is 1. The number of nitrogens with zero attached hydrogens (tertiary/aromatic N) is 1. The Kier molecular flexibility index (Phi) is 4.79. The summed E-state index contributed by atoms with van der Waals surface area (Å²) in [4.78, 5) is 7.13. The second-order valence-corrected chi connectivity index (χ2v) is 8.71. The topological polar surface area (TPSA) is 98.1 Å². The van der Waals surface area contributed by atoms with Crippen LogP contribution in [0.5, 0.6) is 0 Å². The number of para-hydroxylation sites is 1. The van der Waals surface area contributed by atoms with Gasteiger partial charge in [-0.2, -0.15) is 8.78 Å². The van der Waals surface area contributed by atoms with Crippen molar-refractivity contribution in [2.45, 2.75) is 30.8 Å². The summed E-state index contributed by atoms with van der Waals surface area (Å²) in [5, 5.41) is 6.15. The highest BCUT2D eigenvalue weighted by molar-refractivity contribution is 7.90. The molecule has 0 aliphatic rings. The Morgan fingerprint density at radius 3 is 2.37 bits per heavy atom. The number of H-pyrrole nitrogens is 1. The Morgan fingerprint density at radius 1 is 1.15 bits per heavy atom. The molecule has 3 N–H and O–H groups in total. The van der Waals surface area contributed by atoms with Crippen LogP contribution in [0.3, 0.4) is 0 Å². The number of pyridine rings is 1. The Balaban J connectivity index is 2.43. The maximum absolute atomic E-state index is 13.6. The lowest BCUT2D eigenvalue weighted by Crippen LogP contribution is -2.58. The molecule has 1 unspecified atom stereocenters. The van der Waals surface area contributed by atoms with E-state index in [4.69, 9.17) is 9.88 Å². The van der Waals surface area contributed by atoms with Crippen molar-refractivity contribution in [2.24, 2.45) is 5.14 Å². The van der Waals surface area contributed by atoms with Gasteiger partial charge in [0.1, 0.15) is 4.75 Å². The number of alkyl halides is 2. The highest BCUT2D eigenvalue weighted by Gasteiger charge is 2.59. The van der Waals surface area contributed by atoms with Gasteiger partial charge in [0.25, 0.3) is 0 Å². The van der Waals surface area contributed by atoms with Gasteiger partial charge in [-0.15, -0.1) is 0 Å². The minimum absolute atomic E-state index is 0.00381. The van der Waals surface area contributed by atoms with Crippen LogP contribution in [-0.2, 0) is 20.4 Å². The quantitative estimate of drug-likeness (QED) is 0.670. The smallest absolute Gasteiger partial charge is 0.346 e. The van der Waals surface area contributed by atoms with Gasteiger partial charge in [-0.05, 0) is 43.5 Å². The highest BCUT2D eigenvalue weighted by Crippen LogP contribution is 2.47. The number of aromatic amines is 1. The van der Waals surface area contributed by atoms with Crippen molar-refractivity contribution in [3.63, 3.8) is 0 Å². The number of halogens is 2. The zero-order valence-corrected chi connectivity index (χ0v) is 15.5. The fourth-order valence-electron chi connectivity index (χ4n) is 3.20. The fourth-order valence-corrected chi connectivity index (χ4v) is 3.87. The van der Waals surface area contributed by atoms with Gasteiger partial charge >= 0.3 is 6.61 Å². The Labute approximate surface area is 155 Å². The van der Waals surface area contributed by atoms with E-state index in [0.29, 0.717) is 10.9 Å². The first-order valence-electron chi connectivity index (χ1n) is 8.07. The zero-order chi connectivity index (χ0) is 19.9. The van der Waals surface area contributed by atoms with E-state index in [0.717, 1.165) is 0 Å². The van der Waals surface area contributed by atoms with Crippen LogP contribution in [0.2, 0.25) is 0 Å². The molecule has 144 valence electrons. The van der Waals surface area contributed by atoms with E-state index in [2.05, 4.69) is 9.97 Å². The number of hydrogen-bond donors (Lipinski definition) is 2. The summed E-state index contributed by atoms with van der Waals surface area (Å²) in [5.41, 5.74) is -1.43. The standard InChI is InChI=1S/C18H19F2N3O3S/c1-17(2,27(21,24)25)18(26-16(19)20,14-9-5-6-10-22-14)15-11-12-7-3-4-8-13(12)23-15/h3-11,16,23H,1-2H3,(H2,21,24,25). The van der Waals surface area contributed by atoms with Crippen molar-refractivity contribution in [1.29, 1.82) is 0 Å². The van der Waals surface area contributed by atoms with E-state index >= 15 is 0 Å². The minimum Gasteiger partial charge on any atom is -0.356 e. The number of aromatic nitrogens is 2. The Morgan fingerprint density at radius 2 is 1.81 bits per heavy atom. The molecule has 27 heavy (non-hydrogen) atoms. The summed E-state index contributed by atoms with van der Waals surface area (Å²) in [7, 11) is -4.36. The van der Waals surface area contributed by atoms with Crippen LogP contribution in [-0.4, -0.2) is 29.7 Å². The number of nitrogens with one attached hydrogen (secondary N) is 1. The SMILES string of the molecule is CC(C)(C(OC(F)F)(c1ccccn1)c1cc2ccccc2[nH]1)S(N)(=O)=O. The molecule has 6 nitrogen and oxygen atoms in total. The first-order valence-corrected chi connectivity index (χ1v) is 9.62. The Hall–Kier alpha value is -2.36. The minimum atomic E-state index is -4.36. The van der Waals surface area contributed by atoms with Gasteiger partial charge in [-0.3, -0.25) is 4.98 Å². The molecule has 0 saturated carbocycles. The molecule has 0 saturated heterocycles. The summed E-state index contributed by atoms with van der Waals surface area (Å²) < 4.78 is 55.1. The summed E-state index contributed by atoms with van der Waals surface area (Å²) in [6, 6.07) is 13.2. The number of ether oxygens (including phenoxy) is 1. The van der Waals surface area contributed by atoms with Crippen LogP contribution >= 0.6 is 0 Å². The van der Waals surface area contributed by atoms with E-state index in [1.165, 1.54) is 26.1 Å². The average Bonchev–Trinajstić information content (AvgIpc) is 3.03. The van der Waals surface area contributed by atoms with Gasteiger partial charge in [-0.25, -0.2) is 13.6 Å². The normalized spacial score (nSPS) is 15.2. The third-order valence-electron chi connectivity index (χ3n) is 4.76. The number of benzene rings is 1. The van der Waals surface area contributed by atoms with Crippen molar-refractivity contribution in [2.75, 3.05) is 0 Å². The maximum Gasteiger partial charge on any atom is 0.346 e. The molecule has 3 rings (SSSR count). The third-order valence-corrected chi connectivity index (χ3v) is 6.47. The van der Waals surface area contributed by atoms with Crippen LogP contribution in [0.25, 0.3) is 10.9 Å². The first kappa shape index (κ1) is 19.4. The Bertz CT molecular complexity index is 1020. The third kappa shape index (κ3) is 3.11. The van der Waals surface area contributed by atoms with Crippen LogP contribution in [0, 0.1) is 0 Å². The fraction of sp³-hybridized carbons (Fsp3) is 0.278. The van der Waals surface area contributed by atoms with Crippen molar-refractivity contribution in [3.8, 4) is 0 Å². The number of primary sulfonamides is 1. The lowest BCUT2D eigenvalue weighted by atomic mass is 9.82. The van der Waals surface area contributed by atoms with E-state index in [1.807, 2.05) is 0 Å². The van der Waals surface area contributed by atoms with E-state index < -0.39 is 27.0 Å². The number of rotatable bonds is 6. The van der Waals surface area contributed by atoms with Crippen molar-refractivity contribution in [3.05, 3.63) is 66.1 Å². The van der Waals surface area contributed by atoms with Crippen LogP contribution in [0.15, 0.2) is 54.7 Å². The molecule has 2 heterocycles. The lowest BCUT2D eigenvalue weighted by Gasteiger charge is -2.43. The molecule has 0 aliphatic heterocycles. The van der Waals surface area contributed by atoms with Gasteiger partial charge < -0.3 is 9.72 Å². The van der Waals surface area contributed by atoms with Crippen LogP contribution in [0.4, 0.5) is 8.78 Å². The summed E-state index contributed by atoms with van der Waals surface area (Å²) in [6.07, 6.45) is 1.38. The monoisotopic (exact) mass is 395 g/mol.